The second-order valence-electron chi connectivity index (χ2n) is 9.66. The molecule has 2 amide bonds. The van der Waals surface area contributed by atoms with E-state index in [1.165, 1.54) is 0 Å². The smallest absolute Gasteiger partial charge is 0.274 e. The Morgan fingerprint density at radius 1 is 1.20 bits per heavy atom. The summed E-state index contributed by atoms with van der Waals surface area (Å²) >= 11 is 0. The third-order valence-corrected chi connectivity index (χ3v) is 6.50. The lowest BCUT2D eigenvalue weighted by molar-refractivity contribution is -0.128. The molecular formula is C24H31N3O3. The topological polar surface area (TPSA) is 75.4 Å². The number of likely N-dealkylation sites (tertiary alicyclic amines) is 1. The predicted octanol–water partition coefficient (Wildman–Crippen LogP) is 3.88. The van der Waals surface area contributed by atoms with Gasteiger partial charge in [-0.25, -0.2) is 0 Å². The Labute approximate surface area is 178 Å². The fourth-order valence-electron chi connectivity index (χ4n) is 4.44. The van der Waals surface area contributed by atoms with Gasteiger partial charge in [-0.05, 0) is 41.7 Å². The van der Waals surface area contributed by atoms with Crippen molar-refractivity contribution in [3.8, 4) is 0 Å². The number of aryl methyl sites for hydroxylation is 1. The lowest BCUT2D eigenvalue weighted by atomic mass is 9.71. The first kappa shape index (κ1) is 20.6. The second kappa shape index (κ2) is 8.25. The molecule has 0 radical (unpaired) electrons. The molecule has 0 saturated carbocycles. The lowest BCUT2D eigenvalue weighted by Gasteiger charge is -2.33. The zero-order chi connectivity index (χ0) is 21.3. The summed E-state index contributed by atoms with van der Waals surface area (Å²) in [6, 6.07) is 8.06. The summed E-state index contributed by atoms with van der Waals surface area (Å²) in [4.78, 5) is 26.4. The van der Waals surface area contributed by atoms with Gasteiger partial charge in [0.05, 0.1) is 0 Å². The largest absolute Gasteiger partial charge is 0.360 e. The molecule has 1 saturated heterocycles. The van der Waals surface area contributed by atoms with E-state index in [9.17, 15) is 9.59 Å². The highest BCUT2D eigenvalue weighted by molar-refractivity contribution is 5.93. The Balaban J connectivity index is 1.35. The molecule has 4 rings (SSSR count). The quantitative estimate of drug-likeness (QED) is 0.813. The first-order valence-electron chi connectivity index (χ1n) is 10.9. The van der Waals surface area contributed by atoms with E-state index in [4.69, 9.17) is 4.52 Å². The fourth-order valence-corrected chi connectivity index (χ4v) is 4.44. The van der Waals surface area contributed by atoms with Gasteiger partial charge in [-0.1, -0.05) is 50.2 Å². The molecule has 0 unspecified atom stereocenters. The average molecular weight is 410 g/mol. The van der Waals surface area contributed by atoms with Crippen LogP contribution in [0.1, 0.15) is 73.0 Å². The van der Waals surface area contributed by atoms with Crippen molar-refractivity contribution in [2.75, 3.05) is 6.54 Å². The van der Waals surface area contributed by atoms with Crippen LogP contribution in [0.15, 0.2) is 28.8 Å². The third-order valence-electron chi connectivity index (χ3n) is 6.50. The molecule has 1 aromatic heterocycles. The molecule has 2 heterocycles. The number of hydrogen-bond acceptors (Lipinski definition) is 4. The monoisotopic (exact) mass is 409 g/mol. The first-order chi connectivity index (χ1) is 14.3. The van der Waals surface area contributed by atoms with Gasteiger partial charge in [0.15, 0.2) is 5.69 Å². The minimum Gasteiger partial charge on any atom is -0.360 e. The Hall–Kier alpha value is -2.63. The van der Waals surface area contributed by atoms with Gasteiger partial charge < -0.3 is 14.7 Å². The normalized spacial score (nSPS) is 19.1. The highest BCUT2D eigenvalue weighted by Gasteiger charge is 2.34. The summed E-state index contributed by atoms with van der Waals surface area (Å²) in [6.07, 6.45) is 4.37. The van der Waals surface area contributed by atoms with Crippen molar-refractivity contribution in [3.63, 3.8) is 0 Å². The Kier molecular flexibility index (Phi) is 5.67. The van der Waals surface area contributed by atoms with Gasteiger partial charge in [-0.15, -0.1) is 0 Å². The third kappa shape index (κ3) is 4.42. The van der Waals surface area contributed by atoms with Crippen LogP contribution in [-0.2, 0) is 30.7 Å². The van der Waals surface area contributed by atoms with Gasteiger partial charge in [0.25, 0.3) is 5.91 Å². The molecule has 1 atom stereocenters. The van der Waals surface area contributed by atoms with Crippen LogP contribution >= 0.6 is 0 Å². The van der Waals surface area contributed by atoms with Gasteiger partial charge in [0.1, 0.15) is 5.76 Å². The lowest BCUT2D eigenvalue weighted by Crippen LogP contribution is -2.29. The van der Waals surface area contributed by atoms with Crippen LogP contribution in [0.25, 0.3) is 0 Å². The van der Waals surface area contributed by atoms with Crippen molar-refractivity contribution >= 4 is 11.8 Å². The summed E-state index contributed by atoms with van der Waals surface area (Å²) in [7, 11) is 0. The van der Waals surface area contributed by atoms with Crippen LogP contribution in [0, 0.1) is 11.3 Å². The van der Waals surface area contributed by atoms with Gasteiger partial charge >= 0.3 is 0 Å². The number of nitrogens with zero attached hydrogens (tertiary/aromatic N) is 2. The van der Waals surface area contributed by atoms with Gasteiger partial charge in [0, 0.05) is 38.0 Å². The minimum absolute atomic E-state index is 0.179. The summed E-state index contributed by atoms with van der Waals surface area (Å²) in [5, 5.41) is 7.06. The molecular weight excluding hydrogens is 378 g/mol. The number of nitrogens with one attached hydrogen (secondary N) is 1. The van der Waals surface area contributed by atoms with Crippen molar-refractivity contribution < 1.29 is 14.1 Å². The van der Waals surface area contributed by atoms with E-state index in [1.54, 1.807) is 0 Å². The maximum Gasteiger partial charge on any atom is 0.274 e. The van der Waals surface area contributed by atoms with Gasteiger partial charge in [-0.3, -0.25) is 9.59 Å². The van der Waals surface area contributed by atoms with E-state index in [2.05, 4.69) is 31.2 Å². The second-order valence-corrected chi connectivity index (χ2v) is 9.66. The molecule has 30 heavy (non-hydrogen) atoms. The van der Waals surface area contributed by atoms with Crippen molar-refractivity contribution in [3.05, 3.63) is 52.4 Å². The van der Waals surface area contributed by atoms with Crippen LogP contribution in [-0.4, -0.2) is 28.4 Å². The van der Waals surface area contributed by atoms with E-state index in [0.717, 1.165) is 54.7 Å². The number of carbonyl (C=O) groups is 2. The summed E-state index contributed by atoms with van der Waals surface area (Å²) in [5.41, 5.74) is 3.74. The SMILES string of the molecule is CC(C)(C)[C@H]1CCc2onc(C(=O)NCc3ccc(CN4CCCC4=O)cc3)c2C1. The molecule has 6 nitrogen and oxygen atoms in total. The number of benzene rings is 1. The molecule has 0 bridgehead atoms. The molecule has 1 fully saturated rings. The van der Waals surface area contributed by atoms with E-state index in [0.29, 0.717) is 31.1 Å². The van der Waals surface area contributed by atoms with Crippen molar-refractivity contribution in [1.29, 1.82) is 0 Å². The van der Waals surface area contributed by atoms with E-state index < -0.39 is 0 Å². The van der Waals surface area contributed by atoms with Crippen LogP contribution in [0.4, 0.5) is 0 Å². The van der Waals surface area contributed by atoms with Crippen molar-refractivity contribution in [2.24, 2.45) is 11.3 Å². The summed E-state index contributed by atoms with van der Waals surface area (Å²) in [5.74, 6) is 1.43. The molecule has 1 aliphatic heterocycles. The molecule has 1 aromatic carbocycles. The van der Waals surface area contributed by atoms with Crippen LogP contribution in [0.5, 0.6) is 0 Å². The highest BCUT2D eigenvalue weighted by atomic mass is 16.5. The maximum atomic E-state index is 12.8. The molecule has 0 spiro atoms. The average Bonchev–Trinajstić information content (AvgIpc) is 3.32. The zero-order valence-corrected chi connectivity index (χ0v) is 18.2. The Morgan fingerprint density at radius 2 is 1.93 bits per heavy atom. The molecule has 1 aliphatic carbocycles. The maximum absolute atomic E-state index is 12.8. The van der Waals surface area contributed by atoms with E-state index in [-0.39, 0.29) is 17.2 Å². The standard InChI is InChI=1S/C24H31N3O3/c1-24(2,3)18-10-11-20-19(13-18)22(26-30-20)23(29)25-14-16-6-8-17(9-7-16)15-27-12-4-5-21(27)28/h6-9,18H,4-5,10-15H2,1-3H3,(H,25,29)/t18-/m0/s1. The van der Waals surface area contributed by atoms with Gasteiger partial charge in [-0.2, -0.15) is 0 Å². The number of aromatic nitrogens is 1. The van der Waals surface area contributed by atoms with Crippen molar-refractivity contribution in [1.82, 2.24) is 15.4 Å². The number of amides is 2. The number of hydrogen-bond donors (Lipinski definition) is 1. The summed E-state index contributed by atoms with van der Waals surface area (Å²) < 4.78 is 5.47. The molecule has 1 N–H and O–H groups in total. The fraction of sp³-hybridized carbons (Fsp3) is 0.542. The number of rotatable bonds is 5. The number of fused-ring (bicyclic) bond motifs is 1. The Morgan fingerprint density at radius 3 is 2.60 bits per heavy atom. The van der Waals surface area contributed by atoms with Crippen LogP contribution < -0.4 is 5.32 Å². The molecule has 2 aromatic rings. The minimum atomic E-state index is -0.179. The van der Waals surface area contributed by atoms with Crippen molar-refractivity contribution in [2.45, 2.75) is 66.0 Å². The Bertz CT molecular complexity index is 924. The number of carbonyl (C=O) groups excluding carboxylic acids is 2. The first-order valence-corrected chi connectivity index (χ1v) is 10.9. The molecule has 2 aliphatic rings. The van der Waals surface area contributed by atoms with Crippen LogP contribution in [0.3, 0.4) is 0 Å². The van der Waals surface area contributed by atoms with Gasteiger partial charge in [0.2, 0.25) is 5.91 Å². The summed E-state index contributed by atoms with van der Waals surface area (Å²) in [6.45, 7) is 8.68. The highest BCUT2D eigenvalue weighted by Crippen LogP contribution is 2.38. The predicted molar refractivity (Wildman–Crippen MR) is 114 cm³/mol. The van der Waals surface area contributed by atoms with E-state index in [1.807, 2.05) is 29.2 Å². The zero-order valence-electron chi connectivity index (χ0n) is 18.2. The van der Waals surface area contributed by atoms with Crippen LogP contribution in [0.2, 0.25) is 0 Å². The molecule has 160 valence electrons. The van der Waals surface area contributed by atoms with E-state index >= 15 is 0 Å². The molecule has 6 heteroatoms.